The highest BCUT2D eigenvalue weighted by atomic mass is 15.4. The van der Waals surface area contributed by atoms with E-state index in [1.807, 2.05) is 23.9 Å². The minimum Gasteiger partial charge on any atom is -0.324 e. The second kappa shape index (κ2) is 5.66. The second-order valence-electron chi connectivity index (χ2n) is 6.82. The normalized spacial score (nSPS) is 20.7. The van der Waals surface area contributed by atoms with Gasteiger partial charge in [0.15, 0.2) is 0 Å². The molecular weight excluding hydrogens is 322 g/mol. The van der Waals surface area contributed by atoms with Crippen LogP contribution in [0.3, 0.4) is 0 Å². The fourth-order valence-corrected chi connectivity index (χ4v) is 3.76. The van der Waals surface area contributed by atoms with E-state index in [4.69, 9.17) is 4.99 Å². The number of aromatic nitrogens is 3. The fourth-order valence-electron chi connectivity index (χ4n) is 3.76. The zero-order chi connectivity index (χ0) is 17.7. The smallest absolute Gasteiger partial charge is 0.150 e. The van der Waals surface area contributed by atoms with E-state index in [-0.39, 0.29) is 12.1 Å². The molecule has 5 heteroatoms. The van der Waals surface area contributed by atoms with Crippen molar-refractivity contribution in [1.82, 2.24) is 14.8 Å². The van der Waals surface area contributed by atoms with Crippen LogP contribution in [0.15, 0.2) is 65.8 Å². The molecule has 0 N–H and O–H groups in total. The van der Waals surface area contributed by atoms with Gasteiger partial charge in [0.05, 0.1) is 12.3 Å². The molecule has 2 aromatic carbocycles. The molecule has 0 bridgehead atoms. The van der Waals surface area contributed by atoms with Gasteiger partial charge < -0.3 is 4.90 Å². The van der Waals surface area contributed by atoms with Crippen LogP contribution in [0.25, 0.3) is 5.57 Å². The van der Waals surface area contributed by atoms with Crippen molar-refractivity contribution in [3.05, 3.63) is 83.6 Å². The first-order valence-corrected chi connectivity index (χ1v) is 8.79. The van der Waals surface area contributed by atoms with E-state index in [1.54, 1.807) is 0 Å². The lowest BCUT2D eigenvalue weighted by molar-refractivity contribution is 0.602. The predicted octanol–water partition coefficient (Wildman–Crippen LogP) is 3.76. The lowest BCUT2D eigenvalue weighted by atomic mass is 9.92. The molecule has 3 aromatic rings. The molecule has 0 saturated carbocycles. The summed E-state index contributed by atoms with van der Waals surface area (Å²) >= 11 is 0. The first-order chi connectivity index (χ1) is 12.7. The van der Waals surface area contributed by atoms with E-state index >= 15 is 0 Å². The Bertz CT molecular complexity index is 1010. The van der Waals surface area contributed by atoms with E-state index in [1.165, 1.54) is 16.7 Å². The van der Waals surface area contributed by atoms with Gasteiger partial charge in [0, 0.05) is 11.9 Å². The zero-order valence-corrected chi connectivity index (χ0v) is 14.7. The van der Waals surface area contributed by atoms with Crippen LogP contribution in [-0.2, 0) is 0 Å². The van der Waals surface area contributed by atoms with E-state index < -0.39 is 0 Å². The monoisotopic (exact) mass is 341 g/mol. The standard InChI is InChI=1S/C21H19N5/c1-14-8-10-17(11-9-14)25-12-18(16-6-4-3-5-7-16)19-20(25)22-13-26-15(2)23-24-21(19)26/h3-13,19-20H,1-2H3. The molecule has 26 heavy (non-hydrogen) atoms. The summed E-state index contributed by atoms with van der Waals surface area (Å²) in [7, 11) is 0. The van der Waals surface area contributed by atoms with Gasteiger partial charge in [0.25, 0.3) is 0 Å². The zero-order valence-electron chi connectivity index (χ0n) is 14.7. The van der Waals surface area contributed by atoms with Gasteiger partial charge in [-0.05, 0) is 37.1 Å². The number of anilines is 1. The molecule has 5 rings (SSSR count). The van der Waals surface area contributed by atoms with Crippen LogP contribution in [0.4, 0.5) is 5.69 Å². The average Bonchev–Trinajstić information content (AvgIpc) is 3.24. The highest BCUT2D eigenvalue weighted by molar-refractivity contribution is 5.81. The topological polar surface area (TPSA) is 46.3 Å². The molecule has 2 aliphatic rings. The molecule has 3 heterocycles. The Labute approximate surface area is 152 Å². The minimum atomic E-state index is -0.0380. The van der Waals surface area contributed by atoms with Crippen LogP contribution >= 0.6 is 0 Å². The van der Waals surface area contributed by atoms with E-state index in [2.05, 4.69) is 76.8 Å². The first kappa shape index (κ1) is 15.1. The number of fused-ring (bicyclic) bond motifs is 3. The van der Waals surface area contributed by atoms with E-state index in [9.17, 15) is 0 Å². The molecule has 1 aromatic heterocycles. The summed E-state index contributed by atoms with van der Waals surface area (Å²) in [5, 5.41) is 8.74. The Morgan fingerprint density at radius 1 is 0.885 bits per heavy atom. The van der Waals surface area contributed by atoms with Crippen LogP contribution < -0.4 is 4.90 Å². The number of hydrogen-bond acceptors (Lipinski definition) is 4. The molecule has 2 aliphatic heterocycles. The van der Waals surface area contributed by atoms with E-state index in [0.717, 1.165) is 17.3 Å². The van der Waals surface area contributed by atoms with Gasteiger partial charge in [-0.15, -0.1) is 10.2 Å². The van der Waals surface area contributed by atoms with Crippen molar-refractivity contribution in [3.63, 3.8) is 0 Å². The van der Waals surface area contributed by atoms with Crippen LogP contribution in [0, 0.1) is 13.8 Å². The number of aliphatic imine (C=N–C) groups is 1. The number of benzene rings is 2. The molecule has 0 fully saturated rings. The summed E-state index contributed by atoms with van der Waals surface area (Å²) in [4.78, 5) is 7.10. The summed E-state index contributed by atoms with van der Waals surface area (Å²) in [6, 6.07) is 19.0. The molecule has 2 unspecified atom stereocenters. The summed E-state index contributed by atoms with van der Waals surface area (Å²) in [5.41, 5.74) is 4.81. The quantitative estimate of drug-likeness (QED) is 0.713. The molecular formula is C21H19N5. The van der Waals surface area contributed by atoms with Gasteiger partial charge >= 0.3 is 0 Å². The molecule has 0 spiro atoms. The lowest BCUT2D eigenvalue weighted by Gasteiger charge is -2.29. The summed E-state index contributed by atoms with van der Waals surface area (Å²) < 4.78 is 2.00. The Morgan fingerprint density at radius 3 is 2.42 bits per heavy atom. The Morgan fingerprint density at radius 2 is 1.65 bits per heavy atom. The third kappa shape index (κ3) is 2.20. The molecule has 0 saturated heterocycles. The van der Waals surface area contributed by atoms with Crippen LogP contribution in [0.1, 0.15) is 28.7 Å². The number of nitrogens with zero attached hydrogens (tertiary/aromatic N) is 5. The van der Waals surface area contributed by atoms with E-state index in [0.29, 0.717) is 0 Å². The fraction of sp³-hybridized carbons (Fsp3) is 0.190. The highest BCUT2D eigenvalue weighted by Crippen LogP contribution is 2.45. The Hall–Kier alpha value is -3.21. The van der Waals surface area contributed by atoms with Crippen molar-refractivity contribution in [2.45, 2.75) is 25.9 Å². The van der Waals surface area contributed by atoms with Crippen molar-refractivity contribution in [1.29, 1.82) is 0 Å². The molecule has 0 aliphatic carbocycles. The van der Waals surface area contributed by atoms with Crippen LogP contribution in [-0.4, -0.2) is 27.3 Å². The van der Waals surface area contributed by atoms with Crippen molar-refractivity contribution >= 4 is 17.6 Å². The average molecular weight is 341 g/mol. The van der Waals surface area contributed by atoms with Crippen molar-refractivity contribution in [2.24, 2.45) is 4.99 Å². The largest absolute Gasteiger partial charge is 0.324 e. The minimum absolute atomic E-state index is 0.0380. The van der Waals surface area contributed by atoms with Crippen molar-refractivity contribution in [2.75, 3.05) is 4.90 Å². The highest BCUT2D eigenvalue weighted by Gasteiger charge is 2.42. The summed E-state index contributed by atoms with van der Waals surface area (Å²) in [6.45, 7) is 4.06. The van der Waals surface area contributed by atoms with Gasteiger partial charge in [-0.25, -0.2) is 4.99 Å². The summed E-state index contributed by atoms with van der Waals surface area (Å²) in [5.74, 6) is 1.88. The van der Waals surface area contributed by atoms with Gasteiger partial charge in [-0.1, -0.05) is 48.0 Å². The number of hydrogen-bond donors (Lipinski definition) is 0. The molecule has 2 atom stereocenters. The summed E-state index contributed by atoms with van der Waals surface area (Å²) in [6.07, 6.45) is 4.03. The maximum absolute atomic E-state index is 4.85. The molecule has 0 radical (unpaired) electrons. The first-order valence-electron chi connectivity index (χ1n) is 8.79. The van der Waals surface area contributed by atoms with Crippen molar-refractivity contribution in [3.8, 4) is 0 Å². The second-order valence-corrected chi connectivity index (χ2v) is 6.82. The maximum atomic E-state index is 4.85. The third-order valence-electron chi connectivity index (χ3n) is 5.14. The van der Waals surface area contributed by atoms with Crippen LogP contribution in [0.5, 0.6) is 0 Å². The number of rotatable bonds is 2. The van der Waals surface area contributed by atoms with Crippen molar-refractivity contribution < 1.29 is 0 Å². The lowest BCUT2D eigenvalue weighted by Crippen LogP contribution is -2.34. The maximum Gasteiger partial charge on any atom is 0.150 e. The van der Waals surface area contributed by atoms with Crippen LogP contribution in [0.2, 0.25) is 0 Å². The van der Waals surface area contributed by atoms with Gasteiger partial charge in [-0.3, -0.25) is 4.57 Å². The third-order valence-corrected chi connectivity index (χ3v) is 5.14. The Kier molecular flexibility index (Phi) is 3.28. The Balaban J connectivity index is 1.67. The van der Waals surface area contributed by atoms with Gasteiger partial charge in [0.1, 0.15) is 17.8 Å². The molecule has 128 valence electrons. The number of aryl methyl sites for hydroxylation is 2. The van der Waals surface area contributed by atoms with Gasteiger partial charge in [-0.2, -0.15) is 0 Å². The SMILES string of the molecule is Cc1ccc(N2C=C(c3ccccc3)C3c4nnc(C)n4C=NC32)cc1. The van der Waals surface area contributed by atoms with Gasteiger partial charge in [0.2, 0.25) is 0 Å². The molecule has 0 amide bonds. The molecule has 5 nitrogen and oxygen atoms in total. The predicted molar refractivity (Wildman–Crippen MR) is 103 cm³/mol.